The lowest BCUT2D eigenvalue weighted by Crippen LogP contribution is -2.48. The molecule has 0 radical (unpaired) electrons. The van der Waals surface area contributed by atoms with Crippen molar-refractivity contribution in [2.24, 2.45) is 10.9 Å². The van der Waals surface area contributed by atoms with E-state index < -0.39 is 0 Å². The molecule has 1 aliphatic rings. The highest BCUT2D eigenvalue weighted by Gasteiger charge is 2.28. The van der Waals surface area contributed by atoms with Gasteiger partial charge in [0.1, 0.15) is 4.34 Å². The predicted molar refractivity (Wildman–Crippen MR) is 99.7 cm³/mol. The lowest BCUT2D eigenvalue weighted by molar-refractivity contribution is -0.149. The number of guanidine groups is 1. The third-order valence-electron chi connectivity index (χ3n) is 3.79. The first-order valence-electron chi connectivity index (χ1n) is 8.39. The Hall–Kier alpha value is -1.28. The Morgan fingerprint density at radius 3 is 3.21 bits per heavy atom. The van der Waals surface area contributed by atoms with E-state index in [1.54, 1.807) is 30.1 Å². The van der Waals surface area contributed by atoms with Crippen LogP contribution in [0.4, 0.5) is 0 Å². The maximum atomic E-state index is 11.9. The first kappa shape index (κ1) is 19.1. The van der Waals surface area contributed by atoms with Crippen LogP contribution in [-0.2, 0) is 9.53 Å². The van der Waals surface area contributed by atoms with Crippen LogP contribution in [0.25, 0.3) is 0 Å². The Bertz CT molecular complexity index is 522. The molecule has 1 N–H and O–H groups in total. The fourth-order valence-corrected chi connectivity index (χ4v) is 4.32. The average molecular weight is 371 g/mol. The van der Waals surface area contributed by atoms with Gasteiger partial charge in [0.05, 0.1) is 12.5 Å². The van der Waals surface area contributed by atoms with Crippen LogP contribution in [0.5, 0.6) is 0 Å². The molecular weight excluding hydrogens is 344 g/mol. The monoisotopic (exact) mass is 370 g/mol. The van der Waals surface area contributed by atoms with Gasteiger partial charge in [0.2, 0.25) is 0 Å². The number of carbonyl (C=O) groups excluding carboxylic acids is 1. The zero-order valence-electron chi connectivity index (χ0n) is 14.4. The second-order valence-electron chi connectivity index (χ2n) is 5.51. The first-order valence-corrected chi connectivity index (χ1v) is 10.3. The zero-order chi connectivity index (χ0) is 17.2. The molecule has 0 bridgehead atoms. The number of thiazole rings is 1. The van der Waals surface area contributed by atoms with E-state index in [1.807, 2.05) is 18.5 Å². The third-order valence-corrected chi connectivity index (χ3v) is 5.84. The van der Waals surface area contributed by atoms with Crippen LogP contribution < -0.4 is 5.32 Å². The SMILES string of the molecule is CCOC(=O)C1CCCN(C(=NC)NCCCSc2nccs2)C1. The van der Waals surface area contributed by atoms with Gasteiger partial charge in [0.25, 0.3) is 0 Å². The van der Waals surface area contributed by atoms with Crippen molar-refractivity contribution in [1.29, 1.82) is 0 Å². The fraction of sp³-hybridized carbons (Fsp3) is 0.688. The predicted octanol–water partition coefficient (Wildman–Crippen LogP) is 2.48. The van der Waals surface area contributed by atoms with Gasteiger partial charge in [-0.1, -0.05) is 11.8 Å². The molecule has 1 fully saturated rings. The molecule has 1 unspecified atom stereocenters. The Morgan fingerprint density at radius 2 is 2.50 bits per heavy atom. The van der Waals surface area contributed by atoms with Crippen LogP contribution in [0.1, 0.15) is 26.2 Å². The van der Waals surface area contributed by atoms with E-state index in [-0.39, 0.29) is 11.9 Å². The topological polar surface area (TPSA) is 66.8 Å². The molecule has 8 heteroatoms. The van der Waals surface area contributed by atoms with Gasteiger partial charge in [-0.2, -0.15) is 0 Å². The lowest BCUT2D eigenvalue weighted by Gasteiger charge is -2.33. The minimum Gasteiger partial charge on any atom is -0.466 e. The van der Waals surface area contributed by atoms with Gasteiger partial charge in [-0.05, 0) is 26.2 Å². The number of hydrogen-bond donors (Lipinski definition) is 1. The molecule has 0 spiro atoms. The number of piperidine rings is 1. The normalized spacial score (nSPS) is 18.5. The summed E-state index contributed by atoms with van der Waals surface area (Å²) in [5.74, 6) is 1.78. The number of aromatic nitrogens is 1. The van der Waals surface area contributed by atoms with E-state index in [1.165, 1.54) is 0 Å². The van der Waals surface area contributed by atoms with Crippen molar-refractivity contribution in [3.63, 3.8) is 0 Å². The summed E-state index contributed by atoms with van der Waals surface area (Å²) in [6.45, 7) is 4.78. The van der Waals surface area contributed by atoms with Crippen molar-refractivity contribution in [2.75, 3.05) is 39.0 Å². The van der Waals surface area contributed by atoms with Crippen LogP contribution in [0.2, 0.25) is 0 Å². The van der Waals surface area contributed by atoms with Crippen LogP contribution in [0, 0.1) is 5.92 Å². The van der Waals surface area contributed by atoms with Crippen molar-refractivity contribution in [2.45, 2.75) is 30.5 Å². The number of nitrogens with one attached hydrogen (secondary N) is 1. The quantitative estimate of drug-likeness (QED) is 0.261. The number of aliphatic imine (C=N–C) groups is 1. The van der Waals surface area contributed by atoms with E-state index in [9.17, 15) is 4.79 Å². The average Bonchev–Trinajstić information content (AvgIpc) is 3.12. The van der Waals surface area contributed by atoms with Crippen LogP contribution in [-0.4, -0.2) is 60.9 Å². The molecule has 2 rings (SSSR count). The second-order valence-corrected chi connectivity index (χ2v) is 7.75. The summed E-state index contributed by atoms with van der Waals surface area (Å²) in [5.41, 5.74) is 0. The number of esters is 1. The van der Waals surface area contributed by atoms with Gasteiger partial charge in [0.15, 0.2) is 5.96 Å². The van der Waals surface area contributed by atoms with E-state index in [0.717, 1.165) is 48.4 Å². The zero-order valence-corrected chi connectivity index (χ0v) is 16.0. The van der Waals surface area contributed by atoms with Gasteiger partial charge in [-0.25, -0.2) is 4.98 Å². The van der Waals surface area contributed by atoms with Crippen LogP contribution >= 0.6 is 23.1 Å². The molecule has 1 aromatic rings. The largest absolute Gasteiger partial charge is 0.466 e. The molecule has 6 nitrogen and oxygen atoms in total. The molecule has 0 aliphatic carbocycles. The third kappa shape index (κ3) is 5.98. The Balaban J connectivity index is 1.71. The van der Waals surface area contributed by atoms with Crippen molar-refractivity contribution in [3.05, 3.63) is 11.6 Å². The Labute approximate surface area is 152 Å². The molecule has 1 saturated heterocycles. The van der Waals surface area contributed by atoms with E-state index in [2.05, 4.69) is 20.2 Å². The molecule has 2 heterocycles. The van der Waals surface area contributed by atoms with Crippen LogP contribution in [0.15, 0.2) is 20.9 Å². The van der Waals surface area contributed by atoms with Crippen LogP contribution in [0.3, 0.4) is 0 Å². The number of carbonyl (C=O) groups is 1. The lowest BCUT2D eigenvalue weighted by atomic mass is 9.98. The van der Waals surface area contributed by atoms with Crippen molar-refractivity contribution in [3.8, 4) is 0 Å². The number of hydrogen-bond acceptors (Lipinski definition) is 6. The number of thioether (sulfide) groups is 1. The van der Waals surface area contributed by atoms with Crippen molar-refractivity contribution < 1.29 is 9.53 Å². The maximum absolute atomic E-state index is 11.9. The smallest absolute Gasteiger partial charge is 0.310 e. The van der Waals surface area contributed by atoms with E-state index >= 15 is 0 Å². The van der Waals surface area contributed by atoms with Gasteiger partial charge < -0.3 is 15.0 Å². The summed E-state index contributed by atoms with van der Waals surface area (Å²) in [4.78, 5) is 22.7. The Kier molecular flexibility index (Phi) is 8.38. The molecule has 24 heavy (non-hydrogen) atoms. The summed E-state index contributed by atoms with van der Waals surface area (Å²) < 4.78 is 6.28. The minimum atomic E-state index is -0.0856. The standard InChI is InChI=1S/C16H26N4O2S2/c1-3-22-14(21)13-6-4-9-20(12-13)15(17-2)18-7-5-10-23-16-19-8-11-24-16/h8,11,13H,3-7,9-10,12H2,1-2H3,(H,17,18). The van der Waals surface area contributed by atoms with E-state index in [4.69, 9.17) is 4.74 Å². The maximum Gasteiger partial charge on any atom is 0.310 e. The summed E-state index contributed by atoms with van der Waals surface area (Å²) >= 11 is 3.46. The summed E-state index contributed by atoms with van der Waals surface area (Å²) in [5, 5.41) is 5.40. The second kappa shape index (κ2) is 10.6. The molecule has 1 aliphatic heterocycles. The molecule has 0 aromatic carbocycles. The van der Waals surface area contributed by atoms with E-state index in [0.29, 0.717) is 13.2 Å². The van der Waals surface area contributed by atoms with Crippen molar-refractivity contribution >= 4 is 35.0 Å². The van der Waals surface area contributed by atoms with Gasteiger partial charge >= 0.3 is 5.97 Å². The van der Waals surface area contributed by atoms with Crippen molar-refractivity contribution in [1.82, 2.24) is 15.2 Å². The molecule has 134 valence electrons. The number of nitrogens with zero attached hydrogens (tertiary/aromatic N) is 3. The molecule has 1 atom stereocenters. The molecule has 0 saturated carbocycles. The molecule has 1 aromatic heterocycles. The summed E-state index contributed by atoms with van der Waals surface area (Å²) in [6.07, 6.45) is 4.77. The first-order chi connectivity index (χ1) is 11.7. The Morgan fingerprint density at radius 1 is 1.62 bits per heavy atom. The fourth-order valence-electron chi connectivity index (χ4n) is 2.67. The highest BCUT2D eigenvalue weighted by molar-refractivity contribution is 8.00. The number of ether oxygens (including phenoxy) is 1. The van der Waals surface area contributed by atoms with Gasteiger partial charge in [0, 0.05) is 44.0 Å². The van der Waals surface area contributed by atoms with Gasteiger partial charge in [-0.3, -0.25) is 9.79 Å². The number of likely N-dealkylation sites (tertiary alicyclic amines) is 1. The molecule has 0 amide bonds. The van der Waals surface area contributed by atoms with Gasteiger partial charge in [-0.15, -0.1) is 11.3 Å². The summed E-state index contributed by atoms with van der Waals surface area (Å²) in [6, 6.07) is 0. The highest BCUT2D eigenvalue weighted by Crippen LogP contribution is 2.20. The molecular formula is C16H26N4O2S2. The minimum absolute atomic E-state index is 0.0438. The number of rotatable bonds is 7. The highest BCUT2D eigenvalue weighted by atomic mass is 32.2. The summed E-state index contributed by atoms with van der Waals surface area (Å²) in [7, 11) is 1.79.